The molecule has 132 valence electrons. The lowest BCUT2D eigenvalue weighted by Gasteiger charge is -2.14. The monoisotopic (exact) mass is 415 g/mol. The highest BCUT2D eigenvalue weighted by atomic mass is 79.9. The summed E-state index contributed by atoms with van der Waals surface area (Å²) in [5, 5.41) is 23.1. The third kappa shape index (κ3) is 3.21. The molecule has 0 atom stereocenters. The van der Waals surface area contributed by atoms with E-state index in [1.54, 1.807) is 6.07 Å². The second kappa shape index (κ2) is 7.05. The van der Waals surface area contributed by atoms with Gasteiger partial charge in [0.25, 0.3) is 5.91 Å². The van der Waals surface area contributed by atoms with E-state index >= 15 is 0 Å². The lowest BCUT2D eigenvalue weighted by Crippen LogP contribution is -2.14. The van der Waals surface area contributed by atoms with Crippen LogP contribution in [0.25, 0.3) is 10.8 Å². The number of methoxy groups -OCH3 is 1. The van der Waals surface area contributed by atoms with Gasteiger partial charge in [-0.2, -0.15) is 0 Å². The van der Waals surface area contributed by atoms with E-state index in [0.29, 0.717) is 15.8 Å². The molecule has 0 bridgehead atoms. The molecule has 0 spiro atoms. The van der Waals surface area contributed by atoms with E-state index in [2.05, 4.69) is 21.2 Å². The smallest absolute Gasteiger partial charge is 0.339 e. The number of rotatable bonds is 4. The van der Waals surface area contributed by atoms with Crippen LogP contribution in [0.3, 0.4) is 0 Å². The topological polar surface area (TPSA) is 95.9 Å². The zero-order valence-electron chi connectivity index (χ0n) is 13.6. The van der Waals surface area contributed by atoms with E-state index in [9.17, 15) is 14.7 Å². The maximum atomic E-state index is 12.7. The SMILES string of the molecule is COc1c(C(=O)Nc2ccc(C(=O)O)c(O)c2)cc2ccccc2c1Br. The fourth-order valence-corrected chi connectivity index (χ4v) is 3.38. The van der Waals surface area contributed by atoms with Crippen LogP contribution in [0, 0.1) is 0 Å². The van der Waals surface area contributed by atoms with Crippen LogP contribution >= 0.6 is 15.9 Å². The first-order valence-corrected chi connectivity index (χ1v) is 8.34. The number of hydrogen-bond donors (Lipinski definition) is 3. The third-order valence-electron chi connectivity index (χ3n) is 3.88. The van der Waals surface area contributed by atoms with Crippen LogP contribution in [0.4, 0.5) is 5.69 Å². The van der Waals surface area contributed by atoms with Gasteiger partial charge in [-0.15, -0.1) is 0 Å². The van der Waals surface area contributed by atoms with Crippen molar-refractivity contribution in [2.24, 2.45) is 0 Å². The summed E-state index contributed by atoms with van der Waals surface area (Å²) in [7, 11) is 1.47. The van der Waals surface area contributed by atoms with Gasteiger partial charge in [0.2, 0.25) is 0 Å². The number of fused-ring (bicyclic) bond motifs is 1. The molecule has 3 N–H and O–H groups in total. The summed E-state index contributed by atoms with van der Waals surface area (Å²) in [5.41, 5.74) is 0.331. The Balaban J connectivity index is 2.00. The molecule has 6 nitrogen and oxygen atoms in total. The first-order chi connectivity index (χ1) is 12.4. The zero-order chi connectivity index (χ0) is 18.8. The molecule has 0 unspecified atom stereocenters. The van der Waals surface area contributed by atoms with E-state index in [0.717, 1.165) is 10.8 Å². The minimum atomic E-state index is -1.25. The Kier molecular flexibility index (Phi) is 4.81. The Morgan fingerprint density at radius 2 is 1.81 bits per heavy atom. The summed E-state index contributed by atoms with van der Waals surface area (Å²) in [6, 6.07) is 13.1. The van der Waals surface area contributed by atoms with Crippen molar-refractivity contribution in [3.8, 4) is 11.5 Å². The number of anilines is 1. The number of ether oxygens (including phenoxy) is 1. The number of carboxylic acid groups (broad SMARTS) is 1. The molecule has 0 radical (unpaired) electrons. The van der Waals surface area contributed by atoms with Crippen LogP contribution in [0.2, 0.25) is 0 Å². The van der Waals surface area contributed by atoms with E-state index < -0.39 is 17.6 Å². The van der Waals surface area contributed by atoms with Gasteiger partial charge in [0.05, 0.1) is 17.1 Å². The molecule has 0 aliphatic rings. The molecular formula is C19H14BrNO5. The van der Waals surface area contributed by atoms with E-state index in [1.807, 2.05) is 24.3 Å². The van der Waals surface area contributed by atoms with Crippen molar-refractivity contribution in [1.29, 1.82) is 0 Å². The number of nitrogens with one attached hydrogen (secondary N) is 1. The molecule has 0 aliphatic heterocycles. The highest BCUT2D eigenvalue weighted by molar-refractivity contribution is 9.10. The number of phenols is 1. The Bertz CT molecular complexity index is 1030. The molecule has 0 aliphatic carbocycles. The van der Waals surface area contributed by atoms with E-state index in [1.165, 1.54) is 25.3 Å². The molecule has 0 heterocycles. The van der Waals surface area contributed by atoms with Crippen molar-refractivity contribution in [2.45, 2.75) is 0 Å². The highest BCUT2D eigenvalue weighted by Gasteiger charge is 2.19. The number of aromatic hydroxyl groups is 1. The maximum absolute atomic E-state index is 12.7. The van der Waals surface area contributed by atoms with Crippen molar-refractivity contribution in [3.63, 3.8) is 0 Å². The van der Waals surface area contributed by atoms with Gasteiger partial charge in [-0.1, -0.05) is 24.3 Å². The minimum Gasteiger partial charge on any atom is -0.507 e. The Labute approximate surface area is 157 Å². The van der Waals surface area contributed by atoms with Gasteiger partial charge in [0.15, 0.2) is 0 Å². The summed E-state index contributed by atoms with van der Waals surface area (Å²) in [6.45, 7) is 0. The van der Waals surface area contributed by atoms with Gasteiger partial charge in [0, 0.05) is 11.8 Å². The number of amides is 1. The van der Waals surface area contributed by atoms with Gasteiger partial charge >= 0.3 is 5.97 Å². The second-order valence-electron chi connectivity index (χ2n) is 5.48. The van der Waals surface area contributed by atoms with Crippen molar-refractivity contribution in [3.05, 3.63) is 64.1 Å². The Morgan fingerprint density at radius 3 is 2.46 bits per heavy atom. The predicted molar refractivity (Wildman–Crippen MR) is 101 cm³/mol. The third-order valence-corrected chi connectivity index (χ3v) is 4.66. The fraction of sp³-hybridized carbons (Fsp3) is 0.0526. The van der Waals surface area contributed by atoms with Gasteiger partial charge in [0.1, 0.15) is 17.1 Å². The normalized spacial score (nSPS) is 10.5. The Hall–Kier alpha value is -3.06. The fourth-order valence-electron chi connectivity index (χ4n) is 2.64. The summed E-state index contributed by atoms with van der Waals surface area (Å²) in [6.07, 6.45) is 0. The van der Waals surface area contributed by atoms with E-state index in [4.69, 9.17) is 9.84 Å². The molecule has 0 fully saturated rings. The quantitative estimate of drug-likeness (QED) is 0.591. The first kappa shape index (κ1) is 17.8. The number of halogens is 1. The number of benzene rings is 3. The van der Waals surface area contributed by atoms with Crippen molar-refractivity contribution < 1.29 is 24.5 Å². The minimum absolute atomic E-state index is 0.242. The summed E-state index contributed by atoms with van der Waals surface area (Å²) < 4.78 is 6.04. The summed E-state index contributed by atoms with van der Waals surface area (Å²) in [5.74, 6) is -1.74. The number of carbonyl (C=O) groups excluding carboxylic acids is 1. The van der Waals surface area contributed by atoms with Crippen LogP contribution in [0.15, 0.2) is 53.0 Å². The van der Waals surface area contributed by atoms with Gasteiger partial charge < -0.3 is 20.3 Å². The van der Waals surface area contributed by atoms with Crippen LogP contribution in [0.1, 0.15) is 20.7 Å². The maximum Gasteiger partial charge on any atom is 0.339 e. The van der Waals surface area contributed by atoms with Crippen molar-refractivity contribution in [2.75, 3.05) is 12.4 Å². The molecule has 3 aromatic rings. The molecule has 3 aromatic carbocycles. The average molecular weight is 416 g/mol. The lowest BCUT2D eigenvalue weighted by molar-refractivity contribution is 0.0693. The van der Waals surface area contributed by atoms with E-state index in [-0.39, 0.29) is 11.3 Å². The van der Waals surface area contributed by atoms with Crippen molar-refractivity contribution in [1.82, 2.24) is 0 Å². The molecule has 0 saturated carbocycles. The molecule has 3 rings (SSSR count). The summed E-state index contributed by atoms with van der Waals surface area (Å²) >= 11 is 3.47. The van der Waals surface area contributed by atoms with Crippen LogP contribution in [0.5, 0.6) is 11.5 Å². The number of carboxylic acids is 1. The number of aromatic carboxylic acids is 1. The number of carbonyl (C=O) groups is 2. The molecule has 0 aromatic heterocycles. The molecule has 0 saturated heterocycles. The second-order valence-corrected chi connectivity index (χ2v) is 6.28. The Morgan fingerprint density at radius 1 is 1.08 bits per heavy atom. The largest absolute Gasteiger partial charge is 0.507 e. The average Bonchev–Trinajstić information content (AvgIpc) is 2.61. The highest BCUT2D eigenvalue weighted by Crippen LogP contribution is 2.37. The number of hydrogen-bond acceptors (Lipinski definition) is 4. The van der Waals surface area contributed by atoms with Crippen LogP contribution < -0.4 is 10.1 Å². The molecule has 1 amide bonds. The molecular weight excluding hydrogens is 402 g/mol. The summed E-state index contributed by atoms with van der Waals surface area (Å²) in [4.78, 5) is 23.7. The first-order valence-electron chi connectivity index (χ1n) is 7.55. The zero-order valence-corrected chi connectivity index (χ0v) is 15.2. The lowest BCUT2D eigenvalue weighted by atomic mass is 10.0. The standard InChI is InChI=1S/C19H14BrNO5/c1-26-17-14(8-10-4-2-3-5-12(10)16(17)20)18(23)21-11-6-7-13(19(24)25)15(22)9-11/h2-9,22H,1H3,(H,21,23)(H,24,25). The molecule has 26 heavy (non-hydrogen) atoms. The van der Waals surface area contributed by atoms with Crippen LogP contribution in [-0.2, 0) is 0 Å². The van der Waals surface area contributed by atoms with Gasteiger partial charge in [-0.05, 0) is 44.9 Å². The molecule has 7 heteroatoms. The van der Waals surface area contributed by atoms with Gasteiger partial charge in [-0.25, -0.2) is 4.79 Å². The predicted octanol–water partition coefficient (Wildman–Crippen LogP) is 4.27. The van der Waals surface area contributed by atoms with Crippen molar-refractivity contribution >= 4 is 44.3 Å². The van der Waals surface area contributed by atoms with Gasteiger partial charge in [-0.3, -0.25) is 4.79 Å². The van der Waals surface area contributed by atoms with Crippen LogP contribution in [-0.4, -0.2) is 29.2 Å².